The molecule has 0 aliphatic carbocycles. The molecule has 112 valence electrons. The van der Waals surface area contributed by atoms with Crippen molar-refractivity contribution < 1.29 is 9.53 Å². The zero-order valence-corrected chi connectivity index (χ0v) is 14.0. The summed E-state index contributed by atoms with van der Waals surface area (Å²) < 4.78 is 5.26. The standard InChI is InChI=1S/C12H24N4O2.HI/c1-9(2)7-15-11(14)16-8-12(10(13)17)3-5-18-6-4-12;/h9H,3-8H2,1-2H3,(H2,13,17)(H3,14,15,16);1H. The van der Waals surface area contributed by atoms with E-state index in [1.54, 1.807) is 0 Å². The van der Waals surface area contributed by atoms with Crippen LogP contribution in [0.25, 0.3) is 0 Å². The summed E-state index contributed by atoms with van der Waals surface area (Å²) in [5, 5.41) is 3.02. The number of hydrogen-bond donors (Lipinski definition) is 3. The number of primary amides is 1. The quantitative estimate of drug-likeness (QED) is 0.364. The van der Waals surface area contributed by atoms with Gasteiger partial charge in [0.2, 0.25) is 5.91 Å². The van der Waals surface area contributed by atoms with E-state index < -0.39 is 5.41 Å². The molecule has 1 rings (SSSR count). The van der Waals surface area contributed by atoms with Crippen molar-refractivity contribution in [1.29, 1.82) is 0 Å². The number of hydrogen-bond acceptors (Lipinski definition) is 3. The summed E-state index contributed by atoms with van der Waals surface area (Å²) in [7, 11) is 0. The Morgan fingerprint density at radius 1 is 1.37 bits per heavy atom. The van der Waals surface area contributed by atoms with Gasteiger partial charge in [0.25, 0.3) is 0 Å². The molecule has 0 saturated carbocycles. The number of nitrogens with one attached hydrogen (secondary N) is 1. The van der Waals surface area contributed by atoms with Crippen LogP contribution in [0.4, 0.5) is 0 Å². The maximum Gasteiger partial charge on any atom is 0.225 e. The topological polar surface area (TPSA) is 103 Å². The monoisotopic (exact) mass is 384 g/mol. The number of rotatable bonds is 5. The number of nitrogens with two attached hydrogens (primary N) is 2. The normalized spacial score (nSPS) is 18.8. The Morgan fingerprint density at radius 3 is 2.42 bits per heavy atom. The molecule has 1 fully saturated rings. The summed E-state index contributed by atoms with van der Waals surface area (Å²) in [6, 6.07) is 0. The van der Waals surface area contributed by atoms with Gasteiger partial charge in [-0.1, -0.05) is 13.8 Å². The van der Waals surface area contributed by atoms with Gasteiger partial charge in [-0.25, -0.2) is 0 Å². The zero-order valence-electron chi connectivity index (χ0n) is 11.6. The van der Waals surface area contributed by atoms with Gasteiger partial charge >= 0.3 is 0 Å². The predicted octanol–water partition coefficient (Wildman–Crippen LogP) is 0.447. The van der Waals surface area contributed by atoms with Crippen LogP contribution in [0.5, 0.6) is 0 Å². The van der Waals surface area contributed by atoms with E-state index in [0.717, 1.165) is 6.54 Å². The van der Waals surface area contributed by atoms with Crippen molar-refractivity contribution in [1.82, 2.24) is 5.32 Å². The molecule has 7 heteroatoms. The van der Waals surface area contributed by atoms with Crippen LogP contribution in [0, 0.1) is 11.3 Å². The second kappa shape index (κ2) is 8.57. The molecule has 1 amide bonds. The molecule has 1 aliphatic heterocycles. The van der Waals surface area contributed by atoms with Crippen molar-refractivity contribution in [3.63, 3.8) is 0 Å². The number of nitrogens with zero attached hydrogens (tertiary/aromatic N) is 1. The average molecular weight is 384 g/mol. The number of halogens is 1. The minimum Gasteiger partial charge on any atom is -0.381 e. The van der Waals surface area contributed by atoms with Crippen LogP contribution in [0.2, 0.25) is 0 Å². The van der Waals surface area contributed by atoms with Crippen LogP contribution in [-0.2, 0) is 9.53 Å². The molecule has 6 nitrogen and oxygen atoms in total. The Morgan fingerprint density at radius 2 is 1.95 bits per heavy atom. The van der Waals surface area contributed by atoms with E-state index in [-0.39, 0.29) is 29.9 Å². The van der Waals surface area contributed by atoms with Gasteiger partial charge in [0, 0.05) is 19.8 Å². The highest BCUT2D eigenvalue weighted by Gasteiger charge is 2.38. The summed E-state index contributed by atoms with van der Waals surface area (Å²) in [5.41, 5.74) is 10.6. The molecule has 0 bridgehead atoms. The van der Waals surface area contributed by atoms with E-state index in [0.29, 0.717) is 44.5 Å². The third-order valence-electron chi connectivity index (χ3n) is 3.22. The highest BCUT2D eigenvalue weighted by Crippen LogP contribution is 2.30. The number of ether oxygens (including phenoxy) is 1. The minimum atomic E-state index is -0.595. The Hall–Kier alpha value is -0.570. The van der Waals surface area contributed by atoms with E-state index in [9.17, 15) is 4.79 Å². The van der Waals surface area contributed by atoms with Crippen LogP contribution in [0.15, 0.2) is 4.99 Å². The SMILES string of the molecule is CC(C)CNC(N)=NCC1(C(N)=O)CCOCC1.I. The van der Waals surface area contributed by atoms with Crippen LogP contribution < -0.4 is 16.8 Å². The fourth-order valence-electron chi connectivity index (χ4n) is 1.85. The van der Waals surface area contributed by atoms with Crippen molar-refractivity contribution >= 4 is 35.8 Å². The first kappa shape index (κ1) is 18.4. The summed E-state index contributed by atoms with van der Waals surface area (Å²) in [6.45, 7) is 6.38. The summed E-state index contributed by atoms with van der Waals surface area (Å²) in [6.07, 6.45) is 1.23. The number of guanidine groups is 1. The van der Waals surface area contributed by atoms with E-state index >= 15 is 0 Å². The van der Waals surface area contributed by atoms with Gasteiger partial charge in [-0.3, -0.25) is 9.79 Å². The molecule has 0 aromatic heterocycles. The molecule has 0 aromatic carbocycles. The summed E-state index contributed by atoms with van der Waals surface area (Å²) >= 11 is 0. The largest absolute Gasteiger partial charge is 0.381 e. The van der Waals surface area contributed by atoms with Gasteiger partial charge in [-0.2, -0.15) is 0 Å². The lowest BCUT2D eigenvalue weighted by Gasteiger charge is -2.32. The second-order valence-corrected chi connectivity index (χ2v) is 5.23. The number of aliphatic imine (C=N–C) groups is 1. The fraction of sp³-hybridized carbons (Fsp3) is 0.833. The Kier molecular flexibility index (Phi) is 8.31. The Balaban J connectivity index is 0.00000324. The number of carbonyl (C=O) groups excluding carboxylic acids is 1. The molecule has 0 atom stereocenters. The van der Waals surface area contributed by atoms with Gasteiger partial charge in [0.05, 0.1) is 12.0 Å². The van der Waals surface area contributed by atoms with Crippen LogP contribution in [0.3, 0.4) is 0 Å². The third-order valence-corrected chi connectivity index (χ3v) is 3.22. The van der Waals surface area contributed by atoms with Crippen LogP contribution in [0.1, 0.15) is 26.7 Å². The van der Waals surface area contributed by atoms with Gasteiger partial charge in [-0.05, 0) is 18.8 Å². The van der Waals surface area contributed by atoms with Gasteiger partial charge in [-0.15, -0.1) is 24.0 Å². The van der Waals surface area contributed by atoms with Crippen molar-refractivity contribution in [2.75, 3.05) is 26.3 Å². The van der Waals surface area contributed by atoms with Crippen molar-refractivity contribution in [2.45, 2.75) is 26.7 Å². The van der Waals surface area contributed by atoms with Crippen LogP contribution >= 0.6 is 24.0 Å². The van der Waals surface area contributed by atoms with Crippen LogP contribution in [-0.4, -0.2) is 38.2 Å². The molecule has 1 heterocycles. The van der Waals surface area contributed by atoms with Crippen molar-refractivity contribution in [3.05, 3.63) is 0 Å². The first-order valence-electron chi connectivity index (χ1n) is 6.38. The first-order chi connectivity index (χ1) is 8.46. The highest BCUT2D eigenvalue weighted by molar-refractivity contribution is 14.0. The molecule has 19 heavy (non-hydrogen) atoms. The average Bonchev–Trinajstić information content (AvgIpc) is 2.34. The Labute approximate surface area is 131 Å². The summed E-state index contributed by atoms with van der Waals surface area (Å²) in [4.78, 5) is 15.8. The summed E-state index contributed by atoms with van der Waals surface area (Å²) in [5.74, 6) is 0.550. The smallest absolute Gasteiger partial charge is 0.225 e. The second-order valence-electron chi connectivity index (χ2n) is 5.23. The van der Waals surface area contributed by atoms with E-state index in [1.165, 1.54) is 0 Å². The lowest BCUT2D eigenvalue weighted by atomic mass is 9.79. The van der Waals surface area contributed by atoms with Crippen molar-refractivity contribution in [2.24, 2.45) is 27.8 Å². The lowest BCUT2D eigenvalue weighted by molar-refractivity contribution is -0.132. The molecule has 0 aromatic rings. The van der Waals surface area contributed by atoms with Gasteiger partial charge < -0.3 is 21.5 Å². The molecular formula is C12H25IN4O2. The third kappa shape index (κ3) is 5.94. The number of amides is 1. The number of carbonyl (C=O) groups is 1. The molecule has 5 N–H and O–H groups in total. The Bertz CT molecular complexity index is 315. The van der Waals surface area contributed by atoms with Gasteiger partial charge in [0.15, 0.2) is 5.96 Å². The van der Waals surface area contributed by atoms with E-state index in [1.807, 2.05) is 0 Å². The molecular weight excluding hydrogens is 359 g/mol. The van der Waals surface area contributed by atoms with E-state index in [2.05, 4.69) is 24.2 Å². The predicted molar refractivity (Wildman–Crippen MR) is 86.4 cm³/mol. The minimum absolute atomic E-state index is 0. The molecule has 1 aliphatic rings. The van der Waals surface area contributed by atoms with Crippen molar-refractivity contribution in [3.8, 4) is 0 Å². The maximum absolute atomic E-state index is 11.6. The molecule has 0 radical (unpaired) electrons. The zero-order chi connectivity index (χ0) is 13.6. The van der Waals surface area contributed by atoms with Gasteiger partial charge in [0.1, 0.15) is 0 Å². The lowest BCUT2D eigenvalue weighted by Crippen LogP contribution is -2.45. The van der Waals surface area contributed by atoms with E-state index in [4.69, 9.17) is 16.2 Å². The highest BCUT2D eigenvalue weighted by atomic mass is 127. The first-order valence-corrected chi connectivity index (χ1v) is 6.38. The maximum atomic E-state index is 11.6. The molecule has 0 unspecified atom stereocenters. The fourth-order valence-corrected chi connectivity index (χ4v) is 1.85. The molecule has 1 saturated heterocycles. The molecule has 0 spiro atoms.